The molecule has 0 aromatic rings. The first kappa shape index (κ1) is 15.3. The van der Waals surface area contributed by atoms with Gasteiger partial charge in [-0.2, -0.15) is 0 Å². The minimum atomic E-state index is 0.0213. The molecule has 0 spiro atoms. The Labute approximate surface area is 112 Å². The molecule has 0 aliphatic heterocycles. The van der Waals surface area contributed by atoms with Crippen LogP contribution in [-0.4, -0.2) is 12.1 Å². The molecule has 0 heterocycles. The molecule has 0 unspecified atom stereocenters. The van der Waals surface area contributed by atoms with Crippen LogP contribution in [0.2, 0.25) is 0 Å². The van der Waals surface area contributed by atoms with Gasteiger partial charge in [0.05, 0.1) is 0 Å². The topological polar surface area (TPSA) is 26.3 Å². The van der Waals surface area contributed by atoms with Crippen LogP contribution in [0.3, 0.4) is 0 Å². The highest BCUT2D eigenvalue weighted by Crippen LogP contribution is 2.21. The molecular formula is C16H28O2. The first-order valence-corrected chi connectivity index (χ1v) is 7.63. The molecule has 18 heavy (non-hydrogen) atoms. The van der Waals surface area contributed by atoms with E-state index in [1.54, 1.807) is 0 Å². The van der Waals surface area contributed by atoms with Gasteiger partial charge in [0.25, 0.3) is 0 Å². The smallest absolute Gasteiger partial charge is 0.306 e. The molecule has 0 radical (unpaired) electrons. The predicted molar refractivity (Wildman–Crippen MR) is 75.5 cm³/mol. The zero-order chi connectivity index (χ0) is 13.1. The summed E-state index contributed by atoms with van der Waals surface area (Å²) in [6.45, 7) is 3.71. The SMILES string of the molecule is C=CCCCCCCCC(=O)OC1CCCCC1. The van der Waals surface area contributed by atoms with Crippen molar-refractivity contribution in [3.63, 3.8) is 0 Å². The summed E-state index contributed by atoms with van der Waals surface area (Å²) in [7, 11) is 0. The first-order valence-electron chi connectivity index (χ1n) is 7.63. The molecule has 1 fully saturated rings. The number of carbonyl (C=O) groups is 1. The van der Waals surface area contributed by atoms with Gasteiger partial charge >= 0.3 is 5.97 Å². The standard InChI is InChI=1S/C16H28O2/c1-2-3-4-5-6-7-11-14-16(17)18-15-12-9-8-10-13-15/h2,15H,1,3-14H2. The van der Waals surface area contributed by atoms with Crippen LogP contribution in [0.25, 0.3) is 0 Å². The van der Waals surface area contributed by atoms with Crippen molar-refractivity contribution in [2.45, 2.75) is 83.2 Å². The van der Waals surface area contributed by atoms with Gasteiger partial charge in [-0.15, -0.1) is 6.58 Å². The van der Waals surface area contributed by atoms with Crippen molar-refractivity contribution in [1.29, 1.82) is 0 Å². The Kier molecular flexibility index (Phi) is 8.62. The number of hydrogen-bond acceptors (Lipinski definition) is 2. The van der Waals surface area contributed by atoms with Crippen molar-refractivity contribution in [3.8, 4) is 0 Å². The van der Waals surface area contributed by atoms with Gasteiger partial charge in [0.15, 0.2) is 0 Å². The summed E-state index contributed by atoms with van der Waals surface area (Å²) in [4.78, 5) is 11.6. The van der Waals surface area contributed by atoms with E-state index < -0.39 is 0 Å². The third-order valence-corrected chi connectivity index (χ3v) is 3.64. The van der Waals surface area contributed by atoms with Gasteiger partial charge in [0.2, 0.25) is 0 Å². The lowest BCUT2D eigenvalue weighted by atomic mass is 9.98. The third-order valence-electron chi connectivity index (χ3n) is 3.64. The van der Waals surface area contributed by atoms with E-state index in [4.69, 9.17) is 4.74 Å². The van der Waals surface area contributed by atoms with Crippen molar-refractivity contribution in [3.05, 3.63) is 12.7 Å². The van der Waals surface area contributed by atoms with E-state index in [0.29, 0.717) is 6.42 Å². The van der Waals surface area contributed by atoms with Gasteiger partial charge in [0.1, 0.15) is 6.10 Å². The summed E-state index contributed by atoms with van der Waals surface area (Å²) in [5.41, 5.74) is 0. The van der Waals surface area contributed by atoms with E-state index in [0.717, 1.165) is 32.1 Å². The number of rotatable bonds is 9. The number of ether oxygens (including phenoxy) is 1. The Morgan fingerprint density at radius 1 is 1.06 bits per heavy atom. The van der Waals surface area contributed by atoms with E-state index in [2.05, 4.69) is 6.58 Å². The Morgan fingerprint density at radius 3 is 2.44 bits per heavy atom. The van der Waals surface area contributed by atoms with Gasteiger partial charge in [-0.25, -0.2) is 0 Å². The molecule has 104 valence electrons. The fourth-order valence-corrected chi connectivity index (χ4v) is 2.52. The van der Waals surface area contributed by atoms with Crippen LogP contribution in [0.1, 0.15) is 77.0 Å². The molecular weight excluding hydrogens is 224 g/mol. The molecule has 1 aliphatic rings. The Bertz CT molecular complexity index is 229. The molecule has 0 aromatic heterocycles. The maximum Gasteiger partial charge on any atom is 0.306 e. The maximum atomic E-state index is 11.6. The summed E-state index contributed by atoms with van der Waals surface area (Å²) < 4.78 is 5.48. The third kappa shape index (κ3) is 7.52. The van der Waals surface area contributed by atoms with Crippen LogP contribution >= 0.6 is 0 Å². The fourth-order valence-electron chi connectivity index (χ4n) is 2.52. The quantitative estimate of drug-likeness (QED) is 0.335. The molecule has 0 bridgehead atoms. The number of allylic oxidation sites excluding steroid dienone is 1. The predicted octanol–water partition coefficient (Wildman–Crippen LogP) is 4.78. The summed E-state index contributed by atoms with van der Waals surface area (Å²) in [6, 6.07) is 0. The Hall–Kier alpha value is -0.790. The molecule has 1 rings (SSSR count). The zero-order valence-corrected chi connectivity index (χ0v) is 11.7. The molecule has 0 saturated heterocycles. The van der Waals surface area contributed by atoms with Gasteiger partial charge in [-0.3, -0.25) is 4.79 Å². The van der Waals surface area contributed by atoms with Crippen LogP contribution in [0.5, 0.6) is 0 Å². The van der Waals surface area contributed by atoms with E-state index in [-0.39, 0.29) is 12.1 Å². The highest BCUT2D eigenvalue weighted by atomic mass is 16.5. The van der Waals surface area contributed by atoms with E-state index in [1.165, 1.54) is 38.5 Å². The van der Waals surface area contributed by atoms with Crippen molar-refractivity contribution in [1.82, 2.24) is 0 Å². The van der Waals surface area contributed by atoms with E-state index in [1.807, 2.05) is 6.08 Å². The molecule has 0 amide bonds. The lowest BCUT2D eigenvalue weighted by Crippen LogP contribution is -2.20. The monoisotopic (exact) mass is 252 g/mol. The molecule has 1 aliphatic carbocycles. The lowest BCUT2D eigenvalue weighted by Gasteiger charge is -2.21. The molecule has 2 nitrogen and oxygen atoms in total. The second kappa shape index (κ2) is 10.2. The van der Waals surface area contributed by atoms with Gasteiger partial charge in [-0.05, 0) is 44.9 Å². The summed E-state index contributed by atoms with van der Waals surface area (Å²) in [5.74, 6) is 0.0213. The normalized spacial score (nSPS) is 16.4. The number of hydrogen-bond donors (Lipinski definition) is 0. The minimum absolute atomic E-state index is 0.0213. The summed E-state index contributed by atoms with van der Waals surface area (Å²) in [6.07, 6.45) is 15.7. The van der Waals surface area contributed by atoms with Crippen molar-refractivity contribution < 1.29 is 9.53 Å². The molecule has 0 N–H and O–H groups in total. The van der Waals surface area contributed by atoms with Crippen LogP contribution in [0.4, 0.5) is 0 Å². The molecule has 0 aromatic carbocycles. The number of esters is 1. The Balaban J connectivity index is 1.91. The minimum Gasteiger partial charge on any atom is -0.462 e. The van der Waals surface area contributed by atoms with Crippen molar-refractivity contribution in [2.75, 3.05) is 0 Å². The van der Waals surface area contributed by atoms with Crippen molar-refractivity contribution >= 4 is 5.97 Å². The second-order valence-electron chi connectivity index (χ2n) is 5.34. The average Bonchev–Trinajstić information content (AvgIpc) is 2.39. The molecule has 2 heteroatoms. The van der Waals surface area contributed by atoms with Crippen LogP contribution in [0, 0.1) is 0 Å². The lowest BCUT2D eigenvalue weighted by molar-refractivity contribution is -0.150. The zero-order valence-electron chi connectivity index (χ0n) is 11.7. The molecule has 1 saturated carbocycles. The summed E-state index contributed by atoms with van der Waals surface area (Å²) in [5, 5.41) is 0. The maximum absolute atomic E-state index is 11.6. The van der Waals surface area contributed by atoms with Gasteiger partial charge < -0.3 is 4.74 Å². The fraction of sp³-hybridized carbons (Fsp3) is 0.812. The second-order valence-corrected chi connectivity index (χ2v) is 5.34. The Morgan fingerprint density at radius 2 is 1.72 bits per heavy atom. The largest absolute Gasteiger partial charge is 0.462 e. The number of unbranched alkanes of at least 4 members (excludes halogenated alkanes) is 5. The summed E-state index contributed by atoms with van der Waals surface area (Å²) >= 11 is 0. The van der Waals surface area contributed by atoms with Crippen LogP contribution < -0.4 is 0 Å². The van der Waals surface area contributed by atoms with Crippen LogP contribution in [0.15, 0.2) is 12.7 Å². The van der Waals surface area contributed by atoms with E-state index >= 15 is 0 Å². The van der Waals surface area contributed by atoms with Crippen molar-refractivity contribution in [2.24, 2.45) is 0 Å². The van der Waals surface area contributed by atoms with Gasteiger partial charge in [0, 0.05) is 6.42 Å². The van der Waals surface area contributed by atoms with Crippen LogP contribution in [-0.2, 0) is 9.53 Å². The highest BCUT2D eigenvalue weighted by molar-refractivity contribution is 5.69. The van der Waals surface area contributed by atoms with E-state index in [9.17, 15) is 4.79 Å². The molecule has 0 atom stereocenters. The first-order chi connectivity index (χ1) is 8.83. The number of carbonyl (C=O) groups excluding carboxylic acids is 1. The highest BCUT2D eigenvalue weighted by Gasteiger charge is 2.17. The van der Waals surface area contributed by atoms with Gasteiger partial charge in [-0.1, -0.05) is 31.8 Å². The average molecular weight is 252 g/mol.